The maximum absolute atomic E-state index is 12.7. The molecule has 3 N–H and O–H groups in total. The summed E-state index contributed by atoms with van der Waals surface area (Å²) in [7, 11) is -3.87. The zero-order valence-corrected chi connectivity index (χ0v) is 14.6. The van der Waals surface area contributed by atoms with Crippen LogP contribution in [0, 0.1) is 0 Å². The summed E-state index contributed by atoms with van der Waals surface area (Å²) in [4.78, 5) is 12.0. The molecule has 0 aliphatic carbocycles. The van der Waals surface area contributed by atoms with Crippen LogP contribution < -0.4 is 10.5 Å². The molecule has 0 aliphatic rings. The van der Waals surface area contributed by atoms with Gasteiger partial charge in [-0.05, 0) is 36.2 Å². The van der Waals surface area contributed by atoms with Crippen LogP contribution in [0.2, 0.25) is 0 Å². The molecule has 26 heavy (non-hydrogen) atoms. The largest absolute Gasteiger partial charge is 0.416 e. The van der Waals surface area contributed by atoms with E-state index in [0.29, 0.717) is 5.56 Å². The lowest BCUT2D eigenvalue weighted by Gasteiger charge is -2.15. The van der Waals surface area contributed by atoms with Gasteiger partial charge in [-0.1, -0.05) is 30.3 Å². The molecule has 0 heterocycles. The standard InChI is InChI=1S/C17H17F3N2O3S/c1-11(13-5-3-7-15(10-13)26(21,24)25)22-16(23)9-12-4-2-6-14(8-12)17(18,19)20/h2-8,10-11H,9H2,1H3,(H,22,23)(H2,21,24,25)/t11-/m0/s1. The lowest BCUT2D eigenvalue weighted by atomic mass is 10.1. The molecule has 0 unspecified atom stereocenters. The molecule has 2 rings (SSSR count). The number of sulfonamides is 1. The van der Waals surface area contributed by atoms with Gasteiger partial charge in [0.1, 0.15) is 0 Å². The number of alkyl halides is 3. The molecule has 0 saturated heterocycles. The van der Waals surface area contributed by atoms with Crippen molar-refractivity contribution in [2.75, 3.05) is 0 Å². The van der Waals surface area contributed by atoms with Gasteiger partial charge in [0.2, 0.25) is 15.9 Å². The van der Waals surface area contributed by atoms with Crippen molar-refractivity contribution in [3.8, 4) is 0 Å². The SMILES string of the molecule is C[C@H](NC(=O)Cc1cccc(C(F)(F)F)c1)c1cccc(S(N)(=O)=O)c1. The number of rotatable bonds is 5. The second-order valence-electron chi connectivity index (χ2n) is 5.78. The van der Waals surface area contributed by atoms with Crippen LogP contribution in [-0.4, -0.2) is 14.3 Å². The van der Waals surface area contributed by atoms with Crippen LogP contribution in [0.3, 0.4) is 0 Å². The van der Waals surface area contributed by atoms with E-state index in [9.17, 15) is 26.4 Å². The van der Waals surface area contributed by atoms with E-state index in [1.165, 1.54) is 30.3 Å². The highest BCUT2D eigenvalue weighted by Gasteiger charge is 2.30. The van der Waals surface area contributed by atoms with E-state index in [-0.39, 0.29) is 16.9 Å². The normalized spacial score (nSPS) is 13.3. The smallest absolute Gasteiger partial charge is 0.349 e. The molecule has 2 aromatic carbocycles. The van der Waals surface area contributed by atoms with Crippen molar-refractivity contribution in [2.45, 2.75) is 30.5 Å². The number of primary sulfonamides is 1. The third-order valence-corrected chi connectivity index (χ3v) is 4.59. The Morgan fingerprint density at radius 2 is 1.81 bits per heavy atom. The molecule has 0 radical (unpaired) electrons. The molecular weight excluding hydrogens is 369 g/mol. The fourth-order valence-corrected chi connectivity index (χ4v) is 2.95. The van der Waals surface area contributed by atoms with Crippen LogP contribution in [0.15, 0.2) is 53.4 Å². The number of amides is 1. The number of halogens is 3. The maximum Gasteiger partial charge on any atom is 0.416 e. The van der Waals surface area contributed by atoms with Crippen molar-refractivity contribution in [1.82, 2.24) is 5.32 Å². The summed E-state index contributed by atoms with van der Waals surface area (Å²) in [5.41, 5.74) is -0.0894. The summed E-state index contributed by atoms with van der Waals surface area (Å²) >= 11 is 0. The molecule has 140 valence electrons. The number of hydrogen-bond acceptors (Lipinski definition) is 3. The number of nitrogens with two attached hydrogens (primary N) is 1. The molecule has 0 bridgehead atoms. The van der Waals surface area contributed by atoms with Gasteiger partial charge in [-0.25, -0.2) is 13.6 Å². The van der Waals surface area contributed by atoms with Crippen molar-refractivity contribution < 1.29 is 26.4 Å². The Kier molecular flexibility index (Phi) is 5.72. The number of benzene rings is 2. The van der Waals surface area contributed by atoms with E-state index >= 15 is 0 Å². The summed E-state index contributed by atoms with van der Waals surface area (Å²) in [6, 6.07) is 9.75. The molecule has 0 aromatic heterocycles. The second kappa shape index (κ2) is 7.46. The highest BCUT2D eigenvalue weighted by molar-refractivity contribution is 7.89. The fourth-order valence-electron chi connectivity index (χ4n) is 2.38. The van der Waals surface area contributed by atoms with E-state index in [1.807, 2.05) is 0 Å². The topological polar surface area (TPSA) is 89.3 Å². The third kappa shape index (κ3) is 5.30. The Balaban J connectivity index is 2.09. The van der Waals surface area contributed by atoms with Gasteiger partial charge >= 0.3 is 6.18 Å². The van der Waals surface area contributed by atoms with E-state index in [0.717, 1.165) is 12.1 Å². The average molecular weight is 386 g/mol. The summed E-state index contributed by atoms with van der Waals surface area (Å²) < 4.78 is 60.9. The number of hydrogen-bond donors (Lipinski definition) is 2. The molecule has 0 spiro atoms. The molecule has 1 amide bonds. The zero-order chi connectivity index (χ0) is 19.5. The molecule has 2 aromatic rings. The van der Waals surface area contributed by atoms with Crippen molar-refractivity contribution in [3.05, 3.63) is 65.2 Å². The first-order valence-corrected chi connectivity index (χ1v) is 9.10. The lowest BCUT2D eigenvalue weighted by molar-refractivity contribution is -0.137. The minimum atomic E-state index is -4.48. The minimum absolute atomic E-state index is 0.0889. The van der Waals surface area contributed by atoms with Crippen LogP contribution in [0.25, 0.3) is 0 Å². The number of carbonyl (C=O) groups is 1. The minimum Gasteiger partial charge on any atom is -0.349 e. The Morgan fingerprint density at radius 1 is 1.15 bits per heavy atom. The van der Waals surface area contributed by atoms with Gasteiger partial charge in [-0.2, -0.15) is 13.2 Å². The average Bonchev–Trinajstić information content (AvgIpc) is 2.53. The monoisotopic (exact) mass is 386 g/mol. The third-order valence-electron chi connectivity index (χ3n) is 3.68. The zero-order valence-electron chi connectivity index (χ0n) is 13.7. The molecule has 0 saturated carbocycles. The first-order chi connectivity index (χ1) is 12.0. The predicted molar refractivity (Wildman–Crippen MR) is 89.5 cm³/mol. The predicted octanol–water partition coefficient (Wildman–Crippen LogP) is 2.77. The van der Waals surface area contributed by atoms with Crippen LogP contribution in [0.4, 0.5) is 13.2 Å². The van der Waals surface area contributed by atoms with Gasteiger partial charge in [-0.3, -0.25) is 4.79 Å². The van der Waals surface area contributed by atoms with Crippen molar-refractivity contribution >= 4 is 15.9 Å². The summed E-state index contributed by atoms with van der Waals surface area (Å²) in [6.45, 7) is 1.63. The molecule has 0 aliphatic heterocycles. The van der Waals surface area contributed by atoms with E-state index in [1.54, 1.807) is 13.0 Å². The van der Waals surface area contributed by atoms with Crippen LogP contribution in [0.1, 0.15) is 29.7 Å². The van der Waals surface area contributed by atoms with Gasteiger partial charge in [0.05, 0.1) is 22.9 Å². The lowest BCUT2D eigenvalue weighted by Crippen LogP contribution is -2.28. The second-order valence-corrected chi connectivity index (χ2v) is 7.34. The van der Waals surface area contributed by atoms with Gasteiger partial charge in [0.15, 0.2) is 0 Å². The first kappa shape index (κ1) is 19.9. The number of carbonyl (C=O) groups excluding carboxylic acids is 1. The first-order valence-electron chi connectivity index (χ1n) is 7.55. The van der Waals surface area contributed by atoms with Crippen molar-refractivity contribution in [3.63, 3.8) is 0 Å². The van der Waals surface area contributed by atoms with Crippen LogP contribution in [-0.2, 0) is 27.4 Å². The molecule has 9 heteroatoms. The highest BCUT2D eigenvalue weighted by atomic mass is 32.2. The van der Waals surface area contributed by atoms with Gasteiger partial charge < -0.3 is 5.32 Å². The van der Waals surface area contributed by atoms with Gasteiger partial charge in [0, 0.05) is 0 Å². The van der Waals surface area contributed by atoms with Crippen LogP contribution >= 0.6 is 0 Å². The Morgan fingerprint density at radius 3 is 2.42 bits per heavy atom. The van der Waals surface area contributed by atoms with Gasteiger partial charge in [0.25, 0.3) is 0 Å². The van der Waals surface area contributed by atoms with E-state index in [4.69, 9.17) is 5.14 Å². The van der Waals surface area contributed by atoms with E-state index in [2.05, 4.69) is 5.32 Å². The summed E-state index contributed by atoms with van der Waals surface area (Å²) in [5.74, 6) is -0.488. The fraction of sp³-hybridized carbons (Fsp3) is 0.235. The molecule has 0 fully saturated rings. The highest BCUT2D eigenvalue weighted by Crippen LogP contribution is 2.29. The summed E-state index contributed by atoms with van der Waals surface area (Å²) in [6.07, 6.45) is -4.71. The molecule has 5 nitrogen and oxygen atoms in total. The molecular formula is C17H17F3N2O3S. The maximum atomic E-state index is 12.7. The quantitative estimate of drug-likeness (QED) is 0.828. The molecule has 1 atom stereocenters. The van der Waals surface area contributed by atoms with Crippen molar-refractivity contribution in [2.24, 2.45) is 5.14 Å². The Hall–Kier alpha value is -2.39. The number of nitrogens with one attached hydrogen (secondary N) is 1. The van der Waals surface area contributed by atoms with Gasteiger partial charge in [-0.15, -0.1) is 0 Å². The summed E-state index contributed by atoms with van der Waals surface area (Å²) in [5, 5.41) is 7.70. The Labute approximate surface area is 149 Å². The van der Waals surface area contributed by atoms with Crippen molar-refractivity contribution in [1.29, 1.82) is 0 Å². The van der Waals surface area contributed by atoms with E-state index < -0.39 is 33.7 Å². The van der Waals surface area contributed by atoms with Crippen LogP contribution in [0.5, 0.6) is 0 Å². The Bertz CT molecular complexity index is 911.